The molecule has 1 aliphatic heterocycles. The molecule has 2 N–H and O–H groups in total. The van der Waals surface area contributed by atoms with Gasteiger partial charge in [-0.05, 0) is 12.1 Å². The van der Waals surface area contributed by atoms with Gasteiger partial charge in [0.05, 0.1) is 25.5 Å². The van der Waals surface area contributed by atoms with Gasteiger partial charge in [-0.3, -0.25) is 14.7 Å². The molecule has 2 rings (SSSR count). The minimum Gasteiger partial charge on any atom is -0.390 e. The summed E-state index contributed by atoms with van der Waals surface area (Å²) in [6.45, 7) is 4.63. The van der Waals surface area contributed by atoms with Gasteiger partial charge in [0.2, 0.25) is 0 Å². The molecule has 1 amide bonds. The second-order valence-corrected chi connectivity index (χ2v) is 4.40. The van der Waals surface area contributed by atoms with E-state index >= 15 is 0 Å². The molecule has 0 radical (unpaired) electrons. The highest BCUT2D eigenvalue weighted by Crippen LogP contribution is 2.02. The van der Waals surface area contributed by atoms with Gasteiger partial charge in [0.15, 0.2) is 0 Å². The molecule has 0 spiro atoms. The second-order valence-electron chi connectivity index (χ2n) is 4.40. The minimum atomic E-state index is -0.158. The van der Waals surface area contributed by atoms with Gasteiger partial charge in [0, 0.05) is 37.9 Å². The summed E-state index contributed by atoms with van der Waals surface area (Å²) in [5, 5.41) is 11.8. The van der Waals surface area contributed by atoms with E-state index in [-0.39, 0.29) is 12.5 Å². The van der Waals surface area contributed by atoms with Gasteiger partial charge < -0.3 is 15.2 Å². The van der Waals surface area contributed by atoms with Gasteiger partial charge in [-0.25, -0.2) is 0 Å². The molecule has 104 valence electrons. The molecule has 0 bridgehead atoms. The fraction of sp³-hybridized carbons (Fsp3) is 0.538. The first-order valence-corrected chi connectivity index (χ1v) is 6.43. The van der Waals surface area contributed by atoms with Crippen molar-refractivity contribution in [1.82, 2.24) is 15.2 Å². The molecule has 19 heavy (non-hydrogen) atoms. The fourth-order valence-corrected chi connectivity index (χ4v) is 1.96. The average molecular weight is 265 g/mol. The van der Waals surface area contributed by atoms with Crippen LogP contribution in [0.25, 0.3) is 0 Å². The zero-order chi connectivity index (χ0) is 13.5. The van der Waals surface area contributed by atoms with Crippen LogP contribution >= 0.6 is 0 Å². The molecular formula is C13H19N3O3. The van der Waals surface area contributed by atoms with Crippen LogP contribution in [0.1, 0.15) is 16.1 Å². The van der Waals surface area contributed by atoms with Crippen molar-refractivity contribution in [2.45, 2.75) is 6.61 Å². The first-order valence-electron chi connectivity index (χ1n) is 6.43. The molecule has 2 heterocycles. The van der Waals surface area contributed by atoms with Gasteiger partial charge >= 0.3 is 0 Å². The van der Waals surface area contributed by atoms with Crippen molar-refractivity contribution < 1.29 is 14.6 Å². The Balaban J connectivity index is 1.77. The van der Waals surface area contributed by atoms with Crippen LogP contribution in [0.4, 0.5) is 0 Å². The summed E-state index contributed by atoms with van der Waals surface area (Å²) in [6, 6.07) is 3.24. The summed E-state index contributed by atoms with van der Waals surface area (Å²) >= 11 is 0. The molecule has 6 heteroatoms. The number of aliphatic hydroxyl groups is 1. The lowest BCUT2D eigenvalue weighted by Gasteiger charge is -2.26. The Morgan fingerprint density at radius 3 is 3.00 bits per heavy atom. The third-order valence-electron chi connectivity index (χ3n) is 3.06. The second kappa shape index (κ2) is 7.18. The molecule has 1 aliphatic rings. The molecule has 0 unspecified atom stereocenters. The number of aromatic nitrogens is 1. The van der Waals surface area contributed by atoms with Crippen molar-refractivity contribution in [2.75, 3.05) is 39.4 Å². The fourth-order valence-electron chi connectivity index (χ4n) is 1.96. The Bertz CT molecular complexity index is 419. The number of morpholine rings is 1. The van der Waals surface area contributed by atoms with Crippen LogP contribution < -0.4 is 5.32 Å². The van der Waals surface area contributed by atoms with Crippen molar-refractivity contribution in [1.29, 1.82) is 0 Å². The maximum absolute atomic E-state index is 11.9. The molecule has 1 aromatic rings. The molecular weight excluding hydrogens is 246 g/mol. The van der Waals surface area contributed by atoms with Gasteiger partial charge in [-0.15, -0.1) is 0 Å². The van der Waals surface area contributed by atoms with E-state index < -0.39 is 0 Å². The topological polar surface area (TPSA) is 74.7 Å². The third-order valence-corrected chi connectivity index (χ3v) is 3.06. The number of carbonyl (C=O) groups excluding carboxylic acids is 1. The van der Waals surface area contributed by atoms with Crippen LogP contribution in [-0.2, 0) is 11.3 Å². The Labute approximate surface area is 112 Å². The van der Waals surface area contributed by atoms with Gasteiger partial charge in [-0.1, -0.05) is 0 Å². The highest BCUT2D eigenvalue weighted by Gasteiger charge is 2.11. The highest BCUT2D eigenvalue weighted by atomic mass is 16.5. The van der Waals surface area contributed by atoms with Gasteiger partial charge in [0.1, 0.15) is 0 Å². The van der Waals surface area contributed by atoms with Crippen molar-refractivity contribution in [3.63, 3.8) is 0 Å². The quantitative estimate of drug-likeness (QED) is 0.760. The van der Waals surface area contributed by atoms with Crippen molar-refractivity contribution in [3.05, 3.63) is 29.6 Å². The average Bonchev–Trinajstić information content (AvgIpc) is 2.48. The SMILES string of the molecule is O=C(NCCN1CCOCC1)c1ccnc(CO)c1. The standard InChI is InChI=1S/C13H19N3O3/c17-10-12-9-11(1-2-14-12)13(18)15-3-4-16-5-7-19-8-6-16/h1-2,9,17H,3-8,10H2,(H,15,18). The number of carbonyl (C=O) groups is 1. The van der Waals surface area contributed by atoms with Crippen LogP contribution in [0.5, 0.6) is 0 Å². The van der Waals surface area contributed by atoms with E-state index in [0.29, 0.717) is 17.8 Å². The van der Waals surface area contributed by atoms with E-state index in [0.717, 1.165) is 32.8 Å². The Hall–Kier alpha value is -1.50. The van der Waals surface area contributed by atoms with Crippen molar-refractivity contribution in [2.24, 2.45) is 0 Å². The van der Waals surface area contributed by atoms with Crippen molar-refractivity contribution in [3.8, 4) is 0 Å². The summed E-state index contributed by atoms with van der Waals surface area (Å²) in [7, 11) is 0. The van der Waals surface area contributed by atoms with Crippen LogP contribution in [0.3, 0.4) is 0 Å². The van der Waals surface area contributed by atoms with Gasteiger partial charge in [0.25, 0.3) is 5.91 Å². The van der Waals surface area contributed by atoms with Crippen LogP contribution in [0.15, 0.2) is 18.3 Å². The molecule has 0 saturated carbocycles. The summed E-state index contributed by atoms with van der Waals surface area (Å²) in [4.78, 5) is 18.1. The van der Waals surface area contributed by atoms with Crippen LogP contribution in [-0.4, -0.2) is 60.3 Å². The number of pyridine rings is 1. The maximum Gasteiger partial charge on any atom is 0.251 e. The minimum absolute atomic E-state index is 0.134. The Morgan fingerprint density at radius 1 is 1.47 bits per heavy atom. The van der Waals surface area contributed by atoms with Crippen LogP contribution in [0, 0.1) is 0 Å². The molecule has 0 aromatic carbocycles. The lowest BCUT2D eigenvalue weighted by Crippen LogP contribution is -2.41. The number of aliphatic hydroxyl groups excluding tert-OH is 1. The zero-order valence-electron chi connectivity index (χ0n) is 10.8. The van der Waals surface area contributed by atoms with E-state index in [4.69, 9.17) is 9.84 Å². The van der Waals surface area contributed by atoms with Gasteiger partial charge in [-0.2, -0.15) is 0 Å². The highest BCUT2D eigenvalue weighted by molar-refractivity contribution is 5.94. The first-order chi connectivity index (χ1) is 9.29. The predicted octanol–water partition coefficient (Wildman–Crippen LogP) is -0.364. The number of hydrogen-bond acceptors (Lipinski definition) is 5. The number of ether oxygens (including phenoxy) is 1. The smallest absolute Gasteiger partial charge is 0.251 e. The zero-order valence-corrected chi connectivity index (χ0v) is 10.8. The number of amides is 1. The number of nitrogens with one attached hydrogen (secondary N) is 1. The van der Waals surface area contributed by atoms with E-state index in [1.165, 1.54) is 6.20 Å². The lowest BCUT2D eigenvalue weighted by atomic mass is 10.2. The first kappa shape index (κ1) is 13.9. The van der Waals surface area contributed by atoms with E-state index in [1.807, 2.05) is 0 Å². The molecule has 0 atom stereocenters. The molecule has 0 aliphatic carbocycles. The predicted molar refractivity (Wildman–Crippen MR) is 69.8 cm³/mol. The number of hydrogen-bond donors (Lipinski definition) is 2. The summed E-state index contributed by atoms with van der Waals surface area (Å²) in [6.07, 6.45) is 1.53. The molecule has 1 fully saturated rings. The Kier molecular flexibility index (Phi) is 5.26. The normalized spacial score (nSPS) is 16.3. The van der Waals surface area contributed by atoms with E-state index in [2.05, 4.69) is 15.2 Å². The van der Waals surface area contributed by atoms with E-state index in [9.17, 15) is 4.79 Å². The molecule has 1 aromatic heterocycles. The summed E-state index contributed by atoms with van der Waals surface area (Å²) in [5.41, 5.74) is 1.03. The van der Waals surface area contributed by atoms with Crippen LogP contribution in [0.2, 0.25) is 0 Å². The Morgan fingerprint density at radius 2 is 2.26 bits per heavy atom. The third kappa shape index (κ3) is 4.27. The number of rotatable bonds is 5. The lowest BCUT2D eigenvalue weighted by molar-refractivity contribution is 0.0383. The molecule has 6 nitrogen and oxygen atoms in total. The monoisotopic (exact) mass is 265 g/mol. The number of nitrogens with zero attached hydrogens (tertiary/aromatic N) is 2. The van der Waals surface area contributed by atoms with E-state index in [1.54, 1.807) is 12.1 Å². The largest absolute Gasteiger partial charge is 0.390 e. The molecule has 1 saturated heterocycles. The summed E-state index contributed by atoms with van der Waals surface area (Å²) in [5.74, 6) is -0.134. The van der Waals surface area contributed by atoms with Crippen molar-refractivity contribution >= 4 is 5.91 Å². The maximum atomic E-state index is 11.9. The summed E-state index contributed by atoms with van der Waals surface area (Å²) < 4.78 is 5.26.